The third-order valence-electron chi connectivity index (χ3n) is 1.90. The van der Waals surface area contributed by atoms with Crippen LogP contribution in [0.1, 0.15) is 40.5 Å². The van der Waals surface area contributed by atoms with E-state index in [4.69, 9.17) is 28.2 Å². The van der Waals surface area contributed by atoms with E-state index in [9.17, 15) is 9.46 Å². The molecule has 0 aromatic heterocycles. The van der Waals surface area contributed by atoms with Gasteiger partial charge in [0.15, 0.2) is 0 Å². The lowest BCUT2D eigenvalue weighted by molar-refractivity contribution is 0.117. The Morgan fingerprint density at radius 3 is 1.35 bits per heavy atom. The molecule has 8 nitrogen and oxygen atoms in total. The smallest absolute Gasteiger partial charge is 0.368 e. The molecule has 0 rings (SSSR count). The highest BCUT2D eigenvalue weighted by Crippen LogP contribution is 2.43. The van der Waals surface area contributed by atoms with Crippen molar-refractivity contribution in [2.75, 3.05) is 13.2 Å². The lowest BCUT2D eigenvalue weighted by Crippen LogP contribution is -2.33. The molecule has 0 saturated carbocycles. The fourth-order valence-corrected chi connectivity index (χ4v) is 1.59. The van der Waals surface area contributed by atoms with Crippen molar-refractivity contribution < 1.29 is 37.7 Å². The quantitative estimate of drug-likeness (QED) is 0.321. The van der Waals surface area contributed by atoms with Crippen molar-refractivity contribution in [1.82, 2.24) is 0 Å². The minimum absolute atomic E-state index is 0.271. The van der Waals surface area contributed by atoms with Gasteiger partial charge in [-0.15, -0.1) is 0 Å². The van der Waals surface area contributed by atoms with Crippen molar-refractivity contribution in [3.63, 3.8) is 0 Å². The number of hydrogen-bond donors (Lipinski definition) is 5. The lowest BCUT2D eigenvalue weighted by atomic mass is 10.2. The molecular weight excluding hydrogens is 307 g/mol. The molecule has 0 unspecified atom stereocenters. The summed E-state index contributed by atoms with van der Waals surface area (Å²) in [7, 11) is -8.42. The van der Waals surface area contributed by atoms with Gasteiger partial charge >= 0.3 is 16.9 Å². The standard InChI is InChI=1S/C10H23O4P.H4O4Si/c1-9(2)5-7-13-15(11,12)14-8-6-10(3)4;1-5(2,3)4/h9-10H,5-8H2,1-4H3,(H,11,12);1-4H. The van der Waals surface area contributed by atoms with Crippen LogP contribution in [-0.2, 0) is 13.6 Å². The summed E-state index contributed by atoms with van der Waals surface area (Å²) in [4.78, 5) is 38.6. The fourth-order valence-electron chi connectivity index (χ4n) is 0.845. The third kappa shape index (κ3) is 26.7. The Hall–Kier alpha value is 0.167. The molecule has 20 heavy (non-hydrogen) atoms. The average molecular weight is 334 g/mol. The summed E-state index contributed by atoms with van der Waals surface area (Å²) >= 11 is 0. The van der Waals surface area contributed by atoms with Crippen LogP contribution >= 0.6 is 7.82 Å². The first-order valence-electron chi connectivity index (χ1n) is 6.35. The molecule has 0 aromatic carbocycles. The monoisotopic (exact) mass is 334 g/mol. The second-order valence-corrected chi connectivity index (χ2v) is 7.75. The van der Waals surface area contributed by atoms with Crippen LogP contribution in [0.4, 0.5) is 0 Å². The molecule has 10 heteroatoms. The van der Waals surface area contributed by atoms with Gasteiger partial charge in [0.2, 0.25) is 0 Å². The molecule has 0 radical (unpaired) electrons. The Morgan fingerprint density at radius 1 is 0.900 bits per heavy atom. The Balaban J connectivity index is 0. The van der Waals surface area contributed by atoms with Gasteiger partial charge in [0.25, 0.3) is 0 Å². The Kier molecular flexibility index (Phi) is 12.2. The van der Waals surface area contributed by atoms with E-state index >= 15 is 0 Å². The van der Waals surface area contributed by atoms with Crippen LogP contribution in [0.3, 0.4) is 0 Å². The number of rotatable bonds is 8. The van der Waals surface area contributed by atoms with Gasteiger partial charge in [0, 0.05) is 0 Å². The Bertz CT molecular complexity index is 255. The van der Waals surface area contributed by atoms with Gasteiger partial charge in [-0.05, 0) is 24.7 Å². The second kappa shape index (κ2) is 10.8. The van der Waals surface area contributed by atoms with Gasteiger partial charge in [-0.25, -0.2) is 4.57 Å². The van der Waals surface area contributed by atoms with Crippen molar-refractivity contribution in [2.45, 2.75) is 40.5 Å². The minimum atomic E-state index is -4.61. The maximum absolute atomic E-state index is 11.3. The normalized spacial score (nSPS) is 12.6. The van der Waals surface area contributed by atoms with E-state index in [-0.39, 0.29) is 13.2 Å². The SMILES string of the molecule is CC(C)CCOP(=O)(O)OCCC(C)C.O[Si](O)(O)O. The maximum atomic E-state index is 11.3. The molecule has 0 bridgehead atoms. The second-order valence-electron chi connectivity index (χ2n) is 5.10. The largest absolute Gasteiger partial charge is 0.668 e. The van der Waals surface area contributed by atoms with Crippen LogP contribution in [0.15, 0.2) is 0 Å². The van der Waals surface area contributed by atoms with Gasteiger partial charge in [-0.3, -0.25) is 9.05 Å². The van der Waals surface area contributed by atoms with Crippen LogP contribution in [0.25, 0.3) is 0 Å². The van der Waals surface area contributed by atoms with Crippen LogP contribution in [0.2, 0.25) is 0 Å². The van der Waals surface area contributed by atoms with Crippen molar-refractivity contribution in [2.24, 2.45) is 11.8 Å². The topological polar surface area (TPSA) is 137 Å². The molecule has 0 spiro atoms. The van der Waals surface area contributed by atoms with Crippen molar-refractivity contribution in [3.8, 4) is 0 Å². The minimum Gasteiger partial charge on any atom is -0.368 e. The summed E-state index contributed by atoms with van der Waals surface area (Å²) in [6.07, 6.45) is 1.52. The Labute approximate surface area is 121 Å². The van der Waals surface area contributed by atoms with Crippen LogP contribution < -0.4 is 0 Å². The Morgan fingerprint density at radius 2 is 1.15 bits per heavy atom. The van der Waals surface area contributed by atoms with E-state index in [1.54, 1.807) is 0 Å². The molecule has 0 atom stereocenters. The highest BCUT2D eigenvalue weighted by molar-refractivity contribution is 7.47. The third-order valence-corrected chi connectivity index (χ3v) is 2.92. The summed E-state index contributed by atoms with van der Waals surface area (Å²) in [5.74, 6) is 0.918. The predicted octanol–water partition coefficient (Wildman–Crippen LogP) is 0.603. The number of hydrogen-bond acceptors (Lipinski definition) is 7. The summed E-state index contributed by atoms with van der Waals surface area (Å²) in [5.41, 5.74) is 0. The van der Waals surface area contributed by atoms with Gasteiger partial charge in [-0.1, -0.05) is 27.7 Å². The van der Waals surface area contributed by atoms with E-state index < -0.39 is 16.9 Å². The van der Waals surface area contributed by atoms with Crippen molar-refractivity contribution >= 4 is 16.9 Å². The van der Waals surface area contributed by atoms with E-state index in [1.807, 2.05) is 27.7 Å². The first-order valence-corrected chi connectivity index (χ1v) is 9.63. The summed E-state index contributed by atoms with van der Waals surface area (Å²) < 4.78 is 20.9. The van der Waals surface area contributed by atoms with Crippen LogP contribution in [0.5, 0.6) is 0 Å². The molecule has 5 N–H and O–H groups in total. The average Bonchev–Trinajstić information content (AvgIpc) is 2.12. The van der Waals surface area contributed by atoms with Gasteiger partial charge in [0.05, 0.1) is 13.2 Å². The zero-order chi connectivity index (χ0) is 16.4. The van der Waals surface area contributed by atoms with Crippen molar-refractivity contribution in [3.05, 3.63) is 0 Å². The molecule has 0 fully saturated rings. The van der Waals surface area contributed by atoms with E-state index in [0.29, 0.717) is 11.8 Å². The fraction of sp³-hybridized carbons (Fsp3) is 1.00. The van der Waals surface area contributed by atoms with Gasteiger partial charge in [-0.2, -0.15) is 0 Å². The molecule has 0 aliphatic heterocycles. The summed E-state index contributed by atoms with van der Waals surface area (Å²) in [6, 6.07) is 0. The van der Waals surface area contributed by atoms with E-state index in [0.717, 1.165) is 12.8 Å². The zero-order valence-corrected chi connectivity index (χ0v) is 14.3. The molecule has 0 aliphatic rings. The summed E-state index contributed by atoms with van der Waals surface area (Å²) in [5, 5.41) is 0. The van der Waals surface area contributed by atoms with Gasteiger partial charge < -0.3 is 24.1 Å². The molecule has 0 saturated heterocycles. The predicted molar refractivity (Wildman–Crippen MR) is 75.3 cm³/mol. The van der Waals surface area contributed by atoms with Crippen LogP contribution in [0, 0.1) is 11.8 Å². The van der Waals surface area contributed by atoms with E-state index in [2.05, 4.69) is 0 Å². The molecule has 0 aliphatic carbocycles. The molecule has 0 aromatic rings. The van der Waals surface area contributed by atoms with Crippen molar-refractivity contribution in [1.29, 1.82) is 0 Å². The zero-order valence-electron chi connectivity index (χ0n) is 12.4. The van der Waals surface area contributed by atoms with Crippen LogP contribution in [-0.4, -0.2) is 46.3 Å². The molecular formula is C10H27O8PSi. The molecule has 0 amide bonds. The lowest BCUT2D eigenvalue weighted by Gasteiger charge is -2.13. The number of phosphoric acid groups is 1. The number of phosphoric ester groups is 1. The maximum Gasteiger partial charge on any atom is 0.668 e. The molecule has 0 heterocycles. The first-order chi connectivity index (χ1) is 8.83. The van der Waals surface area contributed by atoms with E-state index in [1.165, 1.54) is 0 Å². The molecule has 124 valence electrons. The summed E-state index contributed by atoms with van der Waals surface area (Å²) in [6.45, 7) is 8.67. The highest BCUT2D eigenvalue weighted by atomic mass is 31.2. The first kappa shape index (κ1) is 22.4. The van der Waals surface area contributed by atoms with Gasteiger partial charge in [0.1, 0.15) is 0 Å². The highest BCUT2D eigenvalue weighted by Gasteiger charge is 2.22.